The van der Waals surface area contributed by atoms with Crippen molar-refractivity contribution in [1.82, 2.24) is 9.78 Å². The van der Waals surface area contributed by atoms with Gasteiger partial charge in [-0.15, -0.1) is 0 Å². The maximum atomic E-state index is 12.7. The highest BCUT2D eigenvalue weighted by molar-refractivity contribution is 6.00. The lowest BCUT2D eigenvalue weighted by atomic mass is 9.75. The van der Waals surface area contributed by atoms with Crippen LogP contribution in [-0.2, 0) is 6.42 Å². The molecule has 0 spiro atoms. The summed E-state index contributed by atoms with van der Waals surface area (Å²) in [6, 6.07) is 5.16. The molecular formula is C23H30N4O4. The molecule has 8 nitrogen and oxygen atoms in total. The summed E-state index contributed by atoms with van der Waals surface area (Å²) in [7, 11) is 0. The molecule has 4 rings (SSSR count). The van der Waals surface area contributed by atoms with Gasteiger partial charge in [-0.3, -0.25) is 9.59 Å². The van der Waals surface area contributed by atoms with E-state index in [2.05, 4.69) is 24.3 Å². The van der Waals surface area contributed by atoms with Gasteiger partial charge in [-0.2, -0.15) is 5.10 Å². The normalized spacial score (nSPS) is 25.2. The van der Waals surface area contributed by atoms with Gasteiger partial charge >= 0.3 is 0 Å². The second-order valence-electron chi connectivity index (χ2n) is 9.64. The van der Waals surface area contributed by atoms with Crippen LogP contribution < -0.4 is 11.1 Å². The number of fused-ring (bicyclic) bond motifs is 1. The number of aliphatic hydroxyl groups excluding tert-OH is 2. The predicted molar refractivity (Wildman–Crippen MR) is 117 cm³/mol. The monoisotopic (exact) mass is 426 g/mol. The first-order valence-electron chi connectivity index (χ1n) is 10.7. The molecule has 1 saturated carbocycles. The zero-order chi connectivity index (χ0) is 22.5. The van der Waals surface area contributed by atoms with E-state index in [1.807, 2.05) is 13.0 Å². The molecule has 1 fully saturated rings. The second kappa shape index (κ2) is 7.76. The number of carbonyl (C=O) groups is 2. The van der Waals surface area contributed by atoms with Crippen LogP contribution in [0.1, 0.15) is 71.6 Å². The number of Topliss-reactive ketones (excluding diaryl/α,β-unsaturated/α-hetero) is 1. The molecule has 0 aliphatic heterocycles. The fourth-order valence-electron chi connectivity index (χ4n) is 4.83. The first-order chi connectivity index (χ1) is 14.6. The lowest BCUT2D eigenvalue weighted by Crippen LogP contribution is -2.39. The standard InChI is InChI=1S/C23H30N4O4/c1-12-21-17(10-23(2,3)11-20(21)30)27(26-12)14-5-6-15(22(24)31)16(9-14)25-13-4-7-18(28)19(29)8-13/h5-6,9,13,18-19,25,28-29H,4,7-8,10-11H2,1-3H3,(H2,24,31)/t13?,18-,19+/m1/s1. The molecule has 2 aliphatic carbocycles. The molecule has 166 valence electrons. The van der Waals surface area contributed by atoms with E-state index in [1.165, 1.54) is 0 Å². The number of nitrogens with zero attached hydrogens (tertiary/aromatic N) is 2. The number of anilines is 1. The molecule has 8 heteroatoms. The molecule has 1 unspecified atom stereocenters. The van der Waals surface area contributed by atoms with E-state index in [-0.39, 0.29) is 17.2 Å². The van der Waals surface area contributed by atoms with Crippen LogP contribution >= 0.6 is 0 Å². The van der Waals surface area contributed by atoms with Crippen LogP contribution in [-0.4, -0.2) is 49.9 Å². The topological polar surface area (TPSA) is 130 Å². The van der Waals surface area contributed by atoms with Crippen LogP contribution in [0, 0.1) is 12.3 Å². The minimum atomic E-state index is -0.805. The van der Waals surface area contributed by atoms with Crippen molar-refractivity contribution in [2.75, 3.05) is 5.32 Å². The number of ketones is 1. The van der Waals surface area contributed by atoms with Crippen LogP contribution in [0.4, 0.5) is 5.69 Å². The van der Waals surface area contributed by atoms with E-state index < -0.39 is 18.1 Å². The van der Waals surface area contributed by atoms with Gasteiger partial charge in [0, 0.05) is 18.2 Å². The molecule has 2 aliphatic rings. The van der Waals surface area contributed by atoms with Crippen molar-refractivity contribution in [2.45, 2.75) is 71.1 Å². The minimum absolute atomic E-state index is 0.0967. The molecule has 1 aromatic heterocycles. The van der Waals surface area contributed by atoms with Gasteiger partial charge in [0.15, 0.2) is 5.78 Å². The lowest BCUT2D eigenvalue weighted by molar-refractivity contribution is -0.0119. The maximum absolute atomic E-state index is 12.7. The largest absolute Gasteiger partial charge is 0.390 e. The van der Waals surface area contributed by atoms with Crippen LogP contribution in [0.3, 0.4) is 0 Å². The zero-order valence-electron chi connectivity index (χ0n) is 18.2. The molecule has 31 heavy (non-hydrogen) atoms. The summed E-state index contributed by atoms with van der Waals surface area (Å²) >= 11 is 0. The number of benzene rings is 1. The SMILES string of the molecule is Cc1nn(-c2ccc(C(N)=O)c(NC3CC[C@@H](O)[C@@H](O)C3)c2)c2c1C(=O)CC(C)(C)C2. The van der Waals surface area contributed by atoms with E-state index in [4.69, 9.17) is 5.73 Å². The Labute approximate surface area is 181 Å². The van der Waals surface area contributed by atoms with E-state index in [0.29, 0.717) is 48.2 Å². The first-order valence-corrected chi connectivity index (χ1v) is 10.7. The van der Waals surface area contributed by atoms with Crippen LogP contribution in [0.25, 0.3) is 5.69 Å². The average molecular weight is 427 g/mol. The number of hydrogen-bond donors (Lipinski definition) is 4. The van der Waals surface area contributed by atoms with Crippen molar-refractivity contribution < 1.29 is 19.8 Å². The third-order valence-corrected chi connectivity index (χ3v) is 6.37. The third-order valence-electron chi connectivity index (χ3n) is 6.37. The summed E-state index contributed by atoms with van der Waals surface area (Å²) in [6.07, 6.45) is 1.22. The number of nitrogens with one attached hydrogen (secondary N) is 1. The molecule has 1 aromatic carbocycles. The van der Waals surface area contributed by atoms with Gasteiger partial charge in [-0.1, -0.05) is 13.8 Å². The first kappa shape index (κ1) is 21.5. The van der Waals surface area contributed by atoms with E-state index >= 15 is 0 Å². The van der Waals surface area contributed by atoms with Crippen molar-refractivity contribution in [3.05, 3.63) is 40.7 Å². The highest BCUT2D eigenvalue weighted by atomic mass is 16.3. The Morgan fingerprint density at radius 1 is 1.23 bits per heavy atom. The Kier molecular flexibility index (Phi) is 5.39. The Balaban J connectivity index is 1.73. The minimum Gasteiger partial charge on any atom is -0.390 e. The molecule has 1 amide bonds. The number of aryl methyl sites for hydroxylation is 1. The van der Waals surface area contributed by atoms with E-state index in [9.17, 15) is 19.8 Å². The van der Waals surface area contributed by atoms with E-state index in [0.717, 1.165) is 17.8 Å². The van der Waals surface area contributed by atoms with Gasteiger partial charge in [0.1, 0.15) is 0 Å². The number of aliphatic hydroxyl groups is 2. The van der Waals surface area contributed by atoms with Crippen molar-refractivity contribution in [3.63, 3.8) is 0 Å². The van der Waals surface area contributed by atoms with Crippen molar-refractivity contribution in [2.24, 2.45) is 11.1 Å². The highest BCUT2D eigenvalue weighted by Gasteiger charge is 2.36. The van der Waals surface area contributed by atoms with Gasteiger partial charge in [-0.25, -0.2) is 4.68 Å². The second-order valence-corrected chi connectivity index (χ2v) is 9.64. The lowest BCUT2D eigenvalue weighted by Gasteiger charge is -2.31. The molecule has 0 radical (unpaired) electrons. The Morgan fingerprint density at radius 3 is 2.65 bits per heavy atom. The average Bonchev–Trinajstić information content (AvgIpc) is 2.99. The number of primary amides is 1. The van der Waals surface area contributed by atoms with Gasteiger partial charge in [0.05, 0.1) is 40.4 Å². The fraction of sp³-hybridized carbons (Fsp3) is 0.522. The smallest absolute Gasteiger partial charge is 0.250 e. The van der Waals surface area contributed by atoms with Crippen molar-refractivity contribution >= 4 is 17.4 Å². The zero-order valence-corrected chi connectivity index (χ0v) is 18.2. The summed E-state index contributed by atoms with van der Waals surface area (Å²) in [5, 5.41) is 27.8. The molecule has 3 atom stereocenters. The van der Waals surface area contributed by atoms with Crippen molar-refractivity contribution in [1.29, 1.82) is 0 Å². The number of rotatable bonds is 4. The molecule has 0 saturated heterocycles. The van der Waals surface area contributed by atoms with Gasteiger partial charge < -0.3 is 21.3 Å². The van der Waals surface area contributed by atoms with Gasteiger partial charge in [0.25, 0.3) is 5.91 Å². The summed E-state index contributed by atoms with van der Waals surface area (Å²) in [5.74, 6) is -0.447. The summed E-state index contributed by atoms with van der Waals surface area (Å²) in [5.41, 5.74) is 9.35. The van der Waals surface area contributed by atoms with Crippen LogP contribution in [0.15, 0.2) is 18.2 Å². The fourth-order valence-corrected chi connectivity index (χ4v) is 4.83. The van der Waals surface area contributed by atoms with Gasteiger partial charge in [-0.05, 0) is 56.2 Å². The third kappa shape index (κ3) is 4.09. The number of hydrogen-bond acceptors (Lipinski definition) is 6. The van der Waals surface area contributed by atoms with Gasteiger partial charge in [0.2, 0.25) is 0 Å². The Bertz CT molecular complexity index is 1040. The van der Waals surface area contributed by atoms with Crippen molar-refractivity contribution in [3.8, 4) is 5.69 Å². The number of aromatic nitrogens is 2. The quantitative estimate of drug-likeness (QED) is 0.592. The summed E-state index contributed by atoms with van der Waals surface area (Å²) < 4.78 is 1.79. The summed E-state index contributed by atoms with van der Waals surface area (Å²) in [6.45, 7) is 6.00. The molecule has 1 heterocycles. The number of carbonyl (C=O) groups excluding carboxylic acids is 2. The predicted octanol–water partition coefficient (Wildman–Crippen LogP) is 2.12. The Hall–Kier alpha value is -2.71. The molecule has 2 aromatic rings. The maximum Gasteiger partial charge on any atom is 0.250 e. The molecule has 5 N–H and O–H groups in total. The highest BCUT2D eigenvalue weighted by Crippen LogP contribution is 2.37. The van der Waals surface area contributed by atoms with Crippen LogP contribution in [0.2, 0.25) is 0 Å². The molecule has 0 bridgehead atoms. The van der Waals surface area contributed by atoms with E-state index in [1.54, 1.807) is 16.8 Å². The number of nitrogens with two attached hydrogens (primary N) is 1. The molecular weight excluding hydrogens is 396 g/mol. The Morgan fingerprint density at radius 2 is 1.97 bits per heavy atom. The number of amides is 1. The van der Waals surface area contributed by atoms with Crippen LogP contribution in [0.5, 0.6) is 0 Å². The summed E-state index contributed by atoms with van der Waals surface area (Å²) in [4.78, 5) is 24.7.